The van der Waals surface area contributed by atoms with Crippen LogP contribution >= 0.6 is 0 Å². The summed E-state index contributed by atoms with van der Waals surface area (Å²) >= 11 is 0. The van der Waals surface area contributed by atoms with Gasteiger partial charge < -0.3 is 10.1 Å². The van der Waals surface area contributed by atoms with Crippen LogP contribution in [0.25, 0.3) is 0 Å². The molecule has 0 saturated carbocycles. The van der Waals surface area contributed by atoms with Crippen molar-refractivity contribution in [2.45, 2.75) is 39.7 Å². The summed E-state index contributed by atoms with van der Waals surface area (Å²) in [5.74, 6) is 0.947. The van der Waals surface area contributed by atoms with E-state index in [0.29, 0.717) is 12.6 Å². The van der Waals surface area contributed by atoms with E-state index in [-0.39, 0.29) is 0 Å². The molecule has 0 fully saturated rings. The van der Waals surface area contributed by atoms with Crippen molar-refractivity contribution in [3.8, 4) is 5.75 Å². The van der Waals surface area contributed by atoms with E-state index in [1.165, 1.54) is 12.8 Å². The van der Waals surface area contributed by atoms with Crippen LogP contribution in [0, 0.1) is 0 Å². The molecule has 2 heteroatoms. The van der Waals surface area contributed by atoms with Crippen LogP contribution < -0.4 is 10.1 Å². The van der Waals surface area contributed by atoms with Gasteiger partial charge in [0.2, 0.25) is 0 Å². The topological polar surface area (TPSA) is 21.3 Å². The lowest BCUT2D eigenvalue weighted by Gasteiger charge is -2.17. The standard InChI is InChI=1S/C13H21NO/c1-4-8-11(3)14-12-9-6-7-10-13(12)15-5-2/h6-7,9-11,14H,4-5,8H2,1-3H3/t11-/m0/s1. The lowest BCUT2D eigenvalue weighted by molar-refractivity contribution is 0.341. The number of hydrogen-bond donors (Lipinski definition) is 1. The summed E-state index contributed by atoms with van der Waals surface area (Å²) in [5.41, 5.74) is 1.10. The van der Waals surface area contributed by atoms with Crippen molar-refractivity contribution in [3.63, 3.8) is 0 Å². The SMILES string of the molecule is CCC[C@H](C)Nc1ccccc1OCC. The first kappa shape index (κ1) is 11.9. The molecule has 15 heavy (non-hydrogen) atoms. The van der Waals surface area contributed by atoms with Crippen molar-refractivity contribution < 1.29 is 4.74 Å². The number of ether oxygens (including phenoxy) is 1. The minimum Gasteiger partial charge on any atom is -0.492 e. The van der Waals surface area contributed by atoms with E-state index in [1.54, 1.807) is 0 Å². The molecule has 84 valence electrons. The Bertz CT molecular complexity index is 286. The average Bonchev–Trinajstić information content (AvgIpc) is 2.21. The molecule has 1 N–H and O–H groups in total. The zero-order valence-electron chi connectivity index (χ0n) is 9.92. The number of rotatable bonds is 6. The molecule has 0 saturated heterocycles. The van der Waals surface area contributed by atoms with Gasteiger partial charge in [0.25, 0.3) is 0 Å². The molecule has 0 spiro atoms. The van der Waals surface area contributed by atoms with Gasteiger partial charge in [-0.1, -0.05) is 25.5 Å². The fourth-order valence-corrected chi connectivity index (χ4v) is 1.64. The molecule has 2 nitrogen and oxygen atoms in total. The van der Waals surface area contributed by atoms with Gasteiger partial charge in [0.15, 0.2) is 0 Å². The molecular formula is C13H21NO. The molecule has 0 amide bonds. The van der Waals surface area contributed by atoms with Crippen LogP contribution in [0.3, 0.4) is 0 Å². The highest BCUT2D eigenvalue weighted by atomic mass is 16.5. The van der Waals surface area contributed by atoms with Gasteiger partial charge in [-0.05, 0) is 32.4 Å². The quantitative estimate of drug-likeness (QED) is 0.768. The molecule has 0 heterocycles. The molecule has 1 atom stereocenters. The molecular weight excluding hydrogens is 186 g/mol. The summed E-state index contributed by atoms with van der Waals surface area (Å²) in [6.45, 7) is 7.12. The second-order valence-corrected chi connectivity index (χ2v) is 3.76. The highest BCUT2D eigenvalue weighted by Crippen LogP contribution is 2.24. The second kappa shape index (κ2) is 6.33. The Balaban J connectivity index is 2.66. The second-order valence-electron chi connectivity index (χ2n) is 3.76. The predicted molar refractivity (Wildman–Crippen MR) is 65.6 cm³/mol. The fraction of sp³-hybridized carbons (Fsp3) is 0.538. The third-order valence-electron chi connectivity index (χ3n) is 2.31. The number of nitrogens with one attached hydrogen (secondary N) is 1. The van der Waals surface area contributed by atoms with Crippen molar-refractivity contribution in [3.05, 3.63) is 24.3 Å². The largest absolute Gasteiger partial charge is 0.492 e. The van der Waals surface area contributed by atoms with E-state index in [4.69, 9.17) is 4.74 Å². The van der Waals surface area contributed by atoms with Gasteiger partial charge in [-0.2, -0.15) is 0 Å². The molecule has 1 rings (SSSR count). The number of hydrogen-bond acceptors (Lipinski definition) is 2. The lowest BCUT2D eigenvalue weighted by atomic mass is 10.2. The van der Waals surface area contributed by atoms with Gasteiger partial charge in [0.1, 0.15) is 5.75 Å². The first-order valence-corrected chi connectivity index (χ1v) is 5.76. The van der Waals surface area contributed by atoms with Crippen LogP contribution in [-0.2, 0) is 0 Å². The van der Waals surface area contributed by atoms with E-state index in [0.717, 1.165) is 11.4 Å². The normalized spacial score (nSPS) is 12.2. The maximum Gasteiger partial charge on any atom is 0.142 e. The van der Waals surface area contributed by atoms with E-state index in [9.17, 15) is 0 Å². The average molecular weight is 207 g/mol. The third-order valence-corrected chi connectivity index (χ3v) is 2.31. The summed E-state index contributed by atoms with van der Waals surface area (Å²) in [5, 5.41) is 3.47. The Morgan fingerprint density at radius 2 is 2.00 bits per heavy atom. The molecule has 0 radical (unpaired) electrons. The van der Waals surface area contributed by atoms with Crippen LogP contribution in [0.4, 0.5) is 5.69 Å². The Labute approximate surface area is 92.6 Å². The number of anilines is 1. The van der Waals surface area contributed by atoms with E-state index < -0.39 is 0 Å². The van der Waals surface area contributed by atoms with Gasteiger partial charge in [0, 0.05) is 6.04 Å². The van der Waals surface area contributed by atoms with Gasteiger partial charge in [0.05, 0.1) is 12.3 Å². The Morgan fingerprint density at radius 3 is 2.67 bits per heavy atom. The van der Waals surface area contributed by atoms with Crippen molar-refractivity contribution >= 4 is 5.69 Å². The van der Waals surface area contributed by atoms with Gasteiger partial charge >= 0.3 is 0 Å². The summed E-state index contributed by atoms with van der Waals surface area (Å²) in [6.07, 6.45) is 2.38. The molecule has 1 aromatic rings. The van der Waals surface area contributed by atoms with E-state index in [2.05, 4.69) is 25.2 Å². The maximum absolute atomic E-state index is 5.55. The lowest BCUT2D eigenvalue weighted by Crippen LogP contribution is -2.15. The summed E-state index contributed by atoms with van der Waals surface area (Å²) in [6, 6.07) is 8.60. The van der Waals surface area contributed by atoms with Crippen molar-refractivity contribution in [2.24, 2.45) is 0 Å². The Morgan fingerprint density at radius 1 is 1.27 bits per heavy atom. The number of benzene rings is 1. The van der Waals surface area contributed by atoms with Crippen molar-refractivity contribution in [1.29, 1.82) is 0 Å². The summed E-state index contributed by atoms with van der Waals surface area (Å²) < 4.78 is 5.55. The van der Waals surface area contributed by atoms with Crippen molar-refractivity contribution in [2.75, 3.05) is 11.9 Å². The molecule has 0 unspecified atom stereocenters. The zero-order valence-corrected chi connectivity index (χ0v) is 9.92. The minimum atomic E-state index is 0.497. The van der Waals surface area contributed by atoms with Crippen LogP contribution in [0.2, 0.25) is 0 Å². The van der Waals surface area contributed by atoms with Gasteiger partial charge in [-0.3, -0.25) is 0 Å². The molecule has 0 aromatic heterocycles. The predicted octanol–water partition coefficient (Wildman–Crippen LogP) is 3.69. The van der Waals surface area contributed by atoms with Crippen LogP contribution in [0.15, 0.2) is 24.3 Å². The highest BCUT2D eigenvalue weighted by molar-refractivity contribution is 5.56. The highest BCUT2D eigenvalue weighted by Gasteiger charge is 2.05. The minimum absolute atomic E-state index is 0.497. The zero-order chi connectivity index (χ0) is 11.1. The van der Waals surface area contributed by atoms with E-state index >= 15 is 0 Å². The Hall–Kier alpha value is -1.18. The van der Waals surface area contributed by atoms with Crippen LogP contribution in [0.1, 0.15) is 33.6 Å². The fourth-order valence-electron chi connectivity index (χ4n) is 1.64. The first-order valence-electron chi connectivity index (χ1n) is 5.76. The van der Waals surface area contributed by atoms with E-state index in [1.807, 2.05) is 25.1 Å². The number of para-hydroxylation sites is 2. The molecule has 1 aromatic carbocycles. The Kier molecular flexibility index (Phi) is 5.02. The van der Waals surface area contributed by atoms with Crippen LogP contribution in [-0.4, -0.2) is 12.6 Å². The van der Waals surface area contributed by atoms with Gasteiger partial charge in [-0.15, -0.1) is 0 Å². The first-order chi connectivity index (χ1) is 7.27. The van der Waals surface area contributed by atoms with Crippen LogP contribution in [0.5, 0.6) is 5.75 Å². The smallest absolute Gasteiger partial charge is 0.142 e. The molecule has 0 aliphatic heterocycles. The monoisotopic (exact) mass is 207 g/mol. The summed E-state index contributed by atoms with van der Waals surface area (Å²) in [7, 11) is 0. The summed E-state index contributed by atoms with van der Waals surface area (Å²) in [4.78, 5) is 0. The van der Waals surface area contributed by atoms with Crippen molar-refractivity contribution in [1.82, 2.24) is 0 Å². The molecule has 0 bridgehead atoms. The third kappa shape index (κ3) is 3.82. The molecule has 0 aliphatic rings. The van der Waals surface area contributed by atoms with Gasteiger partial charge in [-0.25, -0.2) is 0 Å². The molecule has 0 aliphatic carbocycles. The maximum atomic E-state index is 5.55.